The fraction of sp³-hybridized carbons (Fsp3) is 0.500. The van der Waals surface area contributed by atoms with E-state index in [1.165, 1.54) is 13.2 Å². The lowest BCUT2D eigenvalue weighted by atomic mass is 10.1. The summed E-state index contributed by atoms with van der Waals surface area (Å²) in [6.07, 6.45) is 2.69. The second kappa shape index (κ2) is 5.35. The SMILES string of the molecule is COC(=O)CC(C)/C=C/C(=O)O. The van der Waals surface area contributed by atoms with Gasteiger partial charge in [0.2, 0.25) is 0 Å². The number of methoxy groups -OCH3 is 1. The number of hydrogen-bond acceptors (Lipinski definition) is 3. The molecule has 1 N–H and O–H groups in total. The number of carboxylic acids is 1. The number of carboxylic acid groups (broad SMARTS) is 1. The molecule has 0 amide bonds. The van der Waals surface area contributed by atoms with Gasteiger partial charge in [0.15, 0.2) is 0 Å². The quantitative estimate of drug-likeness (QED) is 0.503. The van der Waals surface area contributed by atoms with Crippen LogP contribution in [0.2, 0.25) is 0 Å². The Balaban J connectivity index is 3.81. The first-order valence-electron chi connectivity index (χ1n) is 3.54. The Labute approximate surface area is 70.8 Å². The molecule has 0 saturated carbocycles. The molecule has 0 aromatic carbocycles. The van der Waals surface area contributed by atoms with Gasteiger partial charge in [-0.1, -0.05) is 13.0 Å². The standard InChI is InChI=1S/C8H12O4/c1-6(3-4-7(9)10)5-8(11)12-2/h3-4,6H,5H2,1-2H3,(H,9,10)/b4-3+. The molecule has 0 aliphatic heterocycles. The van der Waals surface area contributed by atoms with Crippen molar-refractivity contribution in [3.63, 3.8) is 0 Å². The van der Waals surface area contributed by atoms with Crippen molar-refractivity contribution in [1.82, 2.24) is 0 Å². The predicted octanol–water partition coefficient (Wildman–Crippen LogP) is 0.826. The topological polar surface area (TPSA) is 63.6 Å². The molecule has 0 rings (SSSR count). The fourth-order valence-electron chi connectivity index (χ4n) is 0.661. The Hall–Kier alpha value is -1.32. The van der Waals surface area contributed by atoms with Crippen LogP contribution in [0.5, 0.6) is 0 Å². The Morgan fingerprint density at radius 2 is 2.17 bits per heavy atom. The average Bonchev–Trinajstić information content (AvgIpc) is 2.00. The second-order valence-corrected chi connectivity index (χ2v) is 2.45. The molecule has 0 aliphatic carbocycles. The summed E-state index contributed by atoms with van der Waals surface area (Å²) in [6, 6.07) is 0. The minimum atomic E-state index is -1.01. The van der Waals surface area contributed by atoms with Crippen LogP contribution < -0.4 is 0 Å². The first-order valence-corrected chi connectivity index (χ1v) is 3.54. The number of hydrogen-bond donors (Lipinski definition) is 1. The van der Waals surface area contributed by atoms with E-state index in [2.05, 4.69) is 4.74 Å². The number of carbonyl (C=O) groups excluding carboxylic acids is 1. The molecule has 0 spiro atoms. The van der Waals surface area contributed by atoms with Crippen molar-refractivity contribution < 1.29 is 19.4 Å². The third kappa shape index (κ3) is 5.46. The van der Waals surface area contributed by atoms with E-state index in [-0.39, 0.29) is 18.3 Å². The Kier molecular flexibility index (Phi) is 4.76. The van der Waals surface area contributed by atoms with Gasteiger partial charge in [-0.2, -0.15) is 0 Å². The van der Waals surface area contributed by atoms with Crippen molar-refractivity contribution in [3.05, 3.63) is 12.2 Å². The third-order valence-electron chi connectivity index (χ3n) is 1.28. The fourth-order valence-corrected chi connectivity index (χ4v) is 0.661. The summed E-state index contributed by atoms with van der Waals surface area (Å²) in [7, 11) is 1.30. The van der Waals surface area contributed by atoms with E-state index in [0.29, 0.717) is 0 Å². The Bertz CT molecular complexity index is 195. The first kappa shape index (κ1) is 10.7. The van der Waals surface area contributed by atoms with Crippen LogP contribution >= 0.6 is 0 Å². The van der Waals surface area contributed by atoms with Gasteiger partial charge in [-0.05, 0) is 5.92 Å². The van der Waals surface area contributed by atoms with E-state index < -0.39 is 5.97 Å². The van der Waals surface area contributed by atoms with E-state index in [1.54, 1.807) is 6.92 Å². The molecule has 0 saturated heterocycles. The maximum Gasteiger partial charge on any atom is 0.327 e. The normalized spacial score (nSPS) is 12.8. The van der Waals surface area contributed by atoms with Crippen LogP contribution in [0.25, 0.3) is 0 Å². The van der Waals surface area contributed by atoms with Gasteiger partial charge in [-0.25, -0.2) is 4.79 Å². The largest absolute Gasteiger partial charge is 0.478 e. The van der Waals surface area contributed by atoms with E-state index in [1.807, 2.05) is 0 Å². The molecule has 12 heavy (non-hydrogen) atoms. The number of carbonyl (C=O) groups is 2. The highest BCUT2D eigenvalue weighted by molar-refractivity contribution is 5.79. The molecular weight excluding hydrogens is 160 g/mol. The molecule has 0 heterocycles. The number of rotatable bonds is 4. The molecule has 68 valence electrons. The van der Waals surface area contributed by atoms with E-state index >= 15 is 0 Å². The lowest BCUT2D eigenvalue weighted by Gasteiger charge is -2.02. The summed E-state index contributed by atoms with van der Waals surface area (Å²) in [4.78, 5) is 20.7. The number of esters is 1. The molecule has 0 bridgehead atoms. The van der Waals surface area contributed by atoms with Crippen molar-refractivity contribution in [2.75, 3.05) is 7.11 Å². The molecule has 0 aliphatic rings. The van der Waals surface area contributed by atoms with Crippen molar-refractivity contribution in [1.29, 1.82) is 0 Å². The van der Waals surface area contributed by atoms with Gasteiger partial charge in [0.05, 0.1) is 13.5 Å². The summed E-state index contributed by atoms with van der Waals surface area (Å²) >= 11 is 0. The van der Waals surface area contributed by atoms with Crippen molar-refractivity contribution >= 4 is 11.9 Å². The molecule has 0 fully saturated rings. The van der Waals surface area contributed by atoms with Crippen LogP contribution in [0.15, 0.2) is 12.2 Å². The van der Waals surface area contributed by atoms with Gasteiger partial charge >= 0.3 is 11.9 Å². The monoisotopic (exact) mass is 172 g/mol. The van der Waals surface area contributed by atoms with Gasteiger partial charge in [-0.3, -0.25) is 4.79 Å². The van der Waals surface area contributed by atoms with E-state index in [0.717, 1.165) is 6.08 Å². The number of aliphatic carboxylic acids is 1. The van der Waals surface area contributed by atoms with Crippen molar-refractivity contribution in [2.45, 2.75) is 13.3 Å². The van der Waals surface area contributed by atoms with Crippen LogP contribution in [0.1, 0.15) is 13.3 Å². The van der Waals surface area contributed by atoms with E-state index in [9.17, 15) is 9.59 Å². The average molecular weight is 172 g/mol. The minimum absolute atomic E-state index is 0.103. The first-order chi connectivity index (χ1) is 5.56. The van der Waals surface area contributed by atoms with Crippen LogP contribution in [0, 0.1) is 5.92 Å². The van der Waals surface area contributed by atoms with Gasteiger partial charge in [0, 0.05) is 6.08 Å². The highest BCUT2D eigenvalue weighted by Crippen LogP contribution is 2.04. The van der Waals surface area contributed by atoms with Crippen LogP contribution in [-0.4, -0.2) is 24.2 Å². The maximum atomic E-state index is 10.7. The van der Waals surface area contributed by atoms with Gasteiger partial charge in [0.25, 0.3) is 0 Å². The molecule has 4 nitrogen and oxygen atoms in total. The second-order valence-electron chi connectivity index (χ2n) is 2.45. The highest BCUT2D eigenvalue weighted by atomic mass is 16.5. The smallest absolute Gasteiger partial charge is 0.327 e. The molecule has 0 radical (unpaired) electrons. The molecule has 4 heteroatoms. The van der Waals surface area contributed by atoms with Crippen molar-refractivity contribution in [2.24, 2.45) is 5.92 Å². The zero-order valence-electron chi connectivity index (χ0n) is 7.11. The van der Waals surface area contributed by atoms with Gasteiger partial charge in [0.1, 0.15) is 0 Å². The maximum absolute atomic E-state index is 10.7. The minimum Gasteiger partial charge on any atom is -0.478 e. The summed E-state index contributed by atoms with van der Waals surface area (Å²) in [5.74, 6) is -1.45. The number of ether oxygens (including phenoxy) is 1. The zero-order valence-corrected chi connectivity index (χ0v) is 7.11. The summed E-state index contributed by atoms with van der Waals surface area (Å²) in [6.45, 7) is 1.75. The molecule has 1 atom stereocenters. The third-order valence-corrected chi connectivity index (χ3v) is 1.28. The molecular formula is C8H12O4. The van der Waals surface area contributed by atoms with Gasteiger partial charge < -0.3 is 9.84 Å². The molecule has 0 aromatic rings. The lowest BCUT2D eigenvalue weighted by molar-refractivity contribution is -0.141. The highest BCUT2D eigenvalue weighted by Gasteiger charge is 2.05. The van der Waals surface area contributed by atoms with Crippen LogP contribution in [0.4, 0.5) is 0 Å². The molecule has 1 unspecified atom stereocenters. The zero-order chi connectivity index (χ0) is 9.56. The Morgan fingerprint density at radius 1 is 1.58 bits per heavy atom. The Morgan fingerprint density at radius 3 is 2.58 bits per heavy atom. The van der Waals surface area contributed by atoms with Crippen molar-refractivity contribution in [3.8, 4) is 0 Å². The summed E-state index contributed by atoms with van der Waals surface area (Å²) in [5.41, 5.74) is 0. The number of allylic oxidation sites excluding steroid dienone is 1. The van der Waals surface area contributed by atoms with Crippen LogP contribution in [-0.2, 0) is 14.3 Å². The predicted molar refractivity (Wildman–Crippen MR) is 42.6 cm³/mol. The molecule has 0 aromatic heterocycles. The summed E-state index contributed by atoms with van der Waals surface area (Å²) < 4.78 is 4.41. The van der Waals surface area contributed by atoms with Crippen LogP contribution in [0.3, 0.4) is 0 Å². The van der Waals surface area contributed by atoms with E-state index in [4.69, 9.17) is 5.11 Å². The summed E-state index contributed by atoms with van der Waals surface area (Å²) in [5, 5.41) is 8.25. The van der Waals surface area contributed by atoms with Gasteiger partial charge in [-0.15, -0.1) is 0 Å². The lowest BCUT2D eigenvalue weighted by Crippen LogP contribution is -2.05.